The molecule has 0 saturated carbocycles. The molecule has 0 radical (unpaired) electrons. The third-order valence-electron chi connectivity index (χ3n) is 4.07. The second-order valence-corrected chi connectivity index (χ2v) is 6.13. The highest BCUT2D eigenvalue weighted by Gasteiger charge is 2.08. The van der Waals surface area contributed by atoms with Crippen LogP contribution in [0.1, 0.15) is 5.69 Å². The first-order valence-corrected chi connectivity index (χ1v) is 8.87. The standard InChI is InChI=1S/C22H18FN5/c23-17-9-11-18(12-10-17)26-22-27-20(16-6-2-1-3-7-16)14-21(28-22)25-15-19-8-4-5-13-24-19/h1-14H,15H2,(H2,25,26,27,28). The van der Waals surface area contributed by atoms with Crippen molar-refractivity contribution in [3.63, 3.8) is 0 Å². The molecule has 0 aliphatic heterocycles. The summed E-state index contributed by atoms with van der Waals surface area (Å²) in [7, 11) is 0. The largest absolute Gasteiger partial charge is 0.364 e. The summed E-state index contributed by atoms with van der Waals surface area (Å²) in [6.07, 6.45) is 1.76. The Kier molecular flexibility index (Phi) is 5.20. The Balaban J connectivity index is 1.63. The van der Waals surface area contributed by atoms with Crippen molar-refractivity contribution in [3.8, 4) is 11.3 Å². The summed E-state index contributed by atoms with van der Waals surface area (Å²) in [6.45, 7) is 0.544. The lowest BCUT2D eigenvalue weighted by Crippen LogP contribution is -2.06. The van der Waals surface area contributed by atoms with Gasteiger partial charge in [-0.15, -0.1) is 0 Å². The van der Waals surface area contributed by atoms with Gasteiger partial charge in [0, 0.05) is 23.5 Å². The van der Waals surface area contributed by atoms with E-state index in [2.05, 4.69) is 25.6 Å². The number of benzene rings is 2. The first-order chi connectivity index (χ1) is 13.8. The zero-order chi connectivity index (χ0) is 19.2. The molecule has 4 aromatic rings. The molecule has 28 heavy (non-hydrogen) atoms. The number of hydrogen-bond donors (Lipinski definition) is 2. The number of aromatic nitrogens is 3. The van der Waals surface area contributed by atoms with Crippen LogP contribution in [0.2, 0.25) is 0 Å². The van der Waals surface area contributed by atoms with Crippen LogP contribution in [0.15, 0.2) is 85.1 Å². The van der Waals surface area contributed by atoms with Crippen molar-refractivity contribution in [1.82, 2.24) is 15.0 Å². The lowest BCUT2D eigenvalue weighted by atomic mass is 10.1. The Hall–Kier alpha value is -3.80. The van der Waals surface area contributed by atoms with E-state index >= 15 is 0 Å². The second-order valence-electron chi connectivity index (χ2n) is 6.13. The minimum Gasteiger partial charge on any atom is -0.364 e. The first kappa shape index (κ1) is 17.6. The molecule has 2 aromatic heterocycles. The summed E-state index contributed by atoms with van der Waals surface area (Å²) < 4.78 is 13.2. The lowest BCUT2D eigenvalue weighted by molar-refractivity contribution is 0.628. The Labute approximate surface area is 162 Å². The molecule has 138 valence electrons. The van der Waals surface area contributed by atoms with Crippen molar-refractivity contribution in [2.24, 2.45) is 0 Å². The van der Waals surface area contributed by atoms with Crippen LogP contribution in [-0.2, 0) is 6.54 Å². The molecule has 0 bridgehead atoms. The second kappa shape index (κ2) is 8.26. The smallest absolute Gasteiger partial charge is 0.229 e. The average Bonchev–Trinajstić information content (AvgIpc) is 2.75. The van der Waals surface area contributed by atoms with Gasteiger partial charge in [0.05, 0.1) is 17.9 Å². The average molecular weight is 371 g/mol. The molecule has 0 saturated heterocycles. The van der Waals surface area contributed by atoms with Gasteiger partial charge >= 0.3 is 0 Å². The maximum absolute atomic E-state index is 13.2. The Morgan fingerprint density at radius 3 is 2.36 bits per heavy atom. The number of rotatable bonds is 6. The van der Waals surface area contributed by atoms with E-state index in [0.717, 1.165) is 17.0 Å². The van der Waals surface area contributed by atoms with Gasteiger partial charge in [0.2, 0.25) is 5.95 Å². The summed E-state index contributed by atoms with van der Waals surface area (Å²) in [5.74, 6) is 0.808. The maximum Gasteiger partial charge on any atom is 0.229 e. The van der Waals surface area contributed by atoms with Crippen LogP contribution in [0.25, 0.3) is 11.3 Å². The van der Waals surface area contributed by atoms with E-state index in [1.807, 2.05) is 54.6 Å². The fraction of sp³-hybridized carbons (Fsp3) is 0.0455. The van der Waals surface area contributed by atoms with Gasteiger partial charge < -0.3 is 10.6 Å². The van der Waals surface area contributed by atoms with Crippen LogP contribution in [0.3, 0.4) is 0 Å². The van der Waals surface area contributed by atoms with Gasteiger partial charge in [0.1, 0.15) is 11.6 Å². The Morgan fingerprint density at radius 1 is 0.821 bits per heavy atom. The molecule has 5 nitrogen and oxygen atoms in total. The molecule has 0 atom stereocenters. The normalized spacial score (nSPS) is 10.5. The van der Waals surface area contributed by atoms with Crippen molar-refractivity contribution in [2.75, 3.05) is 10.6 Å². The van der Waals surface area contributed by atoms with Gasteiger partial charge in [0.25, 0.3) is 0 Å². The van der Waals surface area contributed by atoms with E-state index in [1.54, 1.807) is 18.3 Å². The van der Waals surface area contributed by atoms with E-state index in [0.29, 0.717) is 24.0 Å². The van der Waals surface area contributed by atoms with E-state index < -0.39 is 0 Å². The van der Waals surface area contributed by atoms with Crippen LogP contribution in [0.5, 0.6) is 0 Å². The lowest BCUT2D eigenvalue weighted by Gasteiger charge is -2.11. The van der Waals surface area contributed by atoms with Crippen molar-refractivity contribution in [3.05, 3.63) is 96.6 Å². The number of nitrogens with one attached hydrogen (secondary N) is 2. The molecule has 6 heteroatoms. The summed E-state index contributed by atoms with van der Waals surface area (Å²) in [4.78, 5) is 13.5. The van der Waals surface area contributed by atoms with Gasteiger partial charge in [-0.25, -0.2) is 9.37 Å². The van der Waals surface area contributed by atoms with Crippen molar-refractivity contribution >= 4 is 17.5 Å². The molecule has 0 aliphatic rings. The molecule has 2 N–H and O–H groups in total. The third-order valence-corrected chi connectivity index (χ3v) is 4.07. The van der Waals surface area contributed by atoms with Gasteiger partial charge in [0.15, 0.2) is 0 Å². The first-order valence-electron chi connectivity index (χ1n) is 8.87. The van der Waals surface area contributed by atoms with Crippen molar-refractivity contribution in [2.45, 2.75) is 6.54 Å². The molecule has 0 aliphatic carbocycles. The molecule has 0 spiro atoms. The predicted octanol–water partition coefficient (Wildman–Crippen LogP) is 5.03. The SMILES string of the molecule is Fc1ccc(Nc2nc(NCc3ccccn3)cc(-c3ccccc3)n2)cc1. The van der Waals surface area contributed by atoms with E-state index in [4.69, 9.17) is 0 Å². The number of pyridine rings is 1. The monoisotopic (exact) mass is 371 g/mol. The fourth-order valence-electron chi connectivity index (χ4n) is 2.70. The van der Waals surface area contributed by atoms with Gasteiger partial charge in [-0.2, -0.15) is 4.98 Å². The number of nitrogens with zero attached hydrogens (tertiary/aromatic N) is 3. The van der Waals surface area contributed by atoms with Gasteiger partial charge in [-0.3, -0.25) is 4.98 Å². The molecule has 0 unspecified atom stereocenters. The van der Waals surface area contributed by atoms with Crippen LogP contribution in [-0.4, -0.2) is 15.0 Å². The molecule has 0 amide bonds. The fourth-order valence-corrected chi connectivity index (χ4v) is 2.70. The molecule has 4 rings (SSSR count). The van der Waals surface area contributed by atoms with Crippen LogP contribution in [0, 0.1) is 5.82 Å². The quantitative estimate of drug-likeness (QED) is 0.497. The summed E-state index contributed by atoms with van der Waals surface area (Å²) >= 11 is 0. The van der Waals surface area contributed by atoms with Crippen LogP contribution in [0.4, 0.5) is 21.8 Å². The summed E-state index contributed by atoms with van der Waals surface area (Å²) in [5.41, 5.74) is 3.38. The number of hydrogen-bond acceptors (Lipinski definition) is 5. The van der Waals surface area contributed by atoms with Crippen LogP contribution < -0.4 is 10.6 Å². The molecule has 0 fully saturated rings. The van der Waals surface area contributed by atoms with Crippen LogP contribution >= 0.6 is 0 Å². The zero-order valence-corrected chi connectivity index (χ0v) is 15.0. The molecule has 2 heterocycles. The third kappa shape index (κ3) is 4.48. The summed E-state index contributed by atoms with van der Waals surface area (Å²) in [6, 6.07) is 23.6. The highest BCUT2D eigenvalue weighted by Crippen LogP contribution is 2.23. The van der Waals surface area contributed by atoms with Gasteiger partial charge in [-0.05, 0) is 36.4 Å². The molecule has 2 aromatic carbocycles. The Morgan fingerprint density at radius 2 is 1.61 bits per heavy atom. The summed E-state index contributed by atoms with van der Waals surface area (Å²) in [5, 5.41) is 6.43. The molecular formula is C22H18FN5. The van der Waals surface area contributed by atoms with E-state index in [9.17, 15) is 4.39 Å². The minimum atomic E-state index is -0.290. The predicted molar refractivity (Wildman–Crippen MR) is 109 cm³/mol. The zero-order valence-electron chi connectivity index (χ0n) is 15.0. The Bertz CT molecular complexity index is 1040. The number of halogens is 1. The minimum absolute atomic E-state index is 0.290. The highest BCUT2D eigenvalue weighted by atomic mass is 19.1. The molecular weight excluding hydrogens is 353 g/mol. The number of anilines is 3. The van der Waals surface area contributed by atoms with Crippen molar-refractivity contribution < 1.29 is 4.39 Å². The highest BCUT2D eigenvalue weighted by molar-refractivity contribution is 5.66. The maximum atomic E-state index is 13.2. The van der Waals surface area contributed by atoms with Crippen molar-refractivity contribution in [1.29, 1.82) is 0 Å². The topological polar surface area (TPSA) is 62.7 Å². The van der Waals surface area contributed by atoms with E-state index in [1.165, 1.54) is 12.1 Å². The van der Waals surface area contributed by atoms with Gasteiger partial charge in [-0.1, -0.05) is 36.4 Å². The van der Waals surface area contributed by atoms with E-state index in [-0.39, 0.29) is 5.82 Å².